The number of carboxylic acid groups (broad SMARTS) is 2. The first-order valence-electron chi connectivity index (χ1n) is 6.29. The number of carbonyl (C=O) groups is 2. The summed E-state index contributed by atoms with van der Waals surface area (Å²) in [5, 5.41) is 21.8. The van der Waals surface area contributed by atoms with E-state index in [4.69, 9.17) is 10.2 Å². The molecule has 0 saturated carbocycles. The van der Waals surface area contributed by atoms with Crippen molar-refractivity contribution in [2.75, 3.05) is 13.1 Å². The molecule has 0 atom stereocenters. The summed E-state index contributed by atoms with van der Waals surface area (Å²) in [7, 11) is 0. The average Bonchev–Trinajstić information content (AvgIpc) is 2.86. The third-order valence-corrected chi connectivity index (χ3v) is 2.78. The fraction of sp³-hybridized carbons (Fsp3) is 0.214. The van der Waals surface area contributed by atoms with Gasteiger partial charge >= 0.3 is 11.9 Å². The number of carboxylic acids is 2. The maximum atomic E-state index is 10.8. The molecule has 0 aliphatic rings. The summed E-state index contributed by atoms with van der Waals surface area (Å²) < 4.78 is 1.66. The summed E-state index contributed by atoms with van der Waals surface area (Å²) >= 11 is 0. The highest BCUT2D eigenvalue weighted by Crippen LogP contribution is 2.09. The molecule has 1 aromatic carbocycles. The fourth-order valence-corrected chi connectivity index (χ4v) is 1.97. The third-order valence-electron chi connectivity index (χ3n) is 2.78. The lowest BCUT2D eigenvalue weighted by Crippen LogP contribution is -2.33. The van der Waals surface area contributed by atoms with Crippen LogP contribution in [0.4, 0.5) is 0 Å². The van der Waals surface area contributed by atoms with Crippen molar-refractivity contribution in [2.45, 2.75) is 6.54 Å². The zero-order valence-corrected chi connectivity index (χ0v) is 11.2. The van der Waals surface area contributed by atoms with Crippen molar-refractivity contribution in [3.8, 4) is 5.69 Å². The van der Waals surface area contributed by atoms with E-state index in [1.165, 1.54) is 4.90 Å². The van der Waals surface area contributed by atoms with Gasteiger partial charge in [0.15, 0.2) is 0 Å². The summed E-state index contributed by atoms with van der Waals surface area (Å²) in [5.74, 6) is -2.13. The molecule has 0 spiro atoms. The lowest BCUT2D eigenvalue weighted by atomic mass is 10.3. The zero-order chi connectivity index (χ0) is 15.2. The highest BCUT2D eigenvalue weighted by molar-refractivity contribution is 5.72. The number of hydrogen-bond donors (Lipinski definition) is 2. The van der Waals surface area contributed by atoms with Crippen LogP contribution in [0, 0.1) is 0 Å². The summed E-state index contributed by atoms with van der Waals surface area (Å²) in [6.45, 7) is -0.447. The van der Waals surface area contributed by atoms with E-state index in [-0.39, 0.29) is 19.6 Å². The van der Waals surface area contributed by atoms with Gasteiger partial charge in [-0.3, -0.25) is 14.5 Å². The SMILES string of the molecule is O=C(O)CN(CC(=O)O)Cc1cnn(-c2ccccc2)c1. The van der Waals surface area contributed by atoms with E-state index in [9.17, 15) is 9.59 Å². The van der Waals surface area contributed by atoms with Gasteiger partial charge in [-0.15, -0.1) is 0 Å². The van der Waals surface area contributed by atoms with Gasteiger partial charge in [0.25, 0.3) is 0 Å². The molecule has 0 saturated heterocycles. The van der Waals surface area contributed by atoms with E-state index >= 15 is 0 Å². The summed E-state index contributed by atoms with van der Waals surface area (Å²) in [6, 6.07) is 9.46. The molecule has 0 fully saturated rings. The van der Waals surface area contributed by atoms with Gasteiger partial charge in [-0.1, -0.05) is 18.2 Å². The minimum absolute atomic E-state index is 0.214. The Bertz CT molecular complexity index is 608. The van der Waals surface area contributed by atoms with E-state index in [0.717, 1.165) is 11.3 Å². The second-order valence-electron chi connectivity index (χ2n) is 4.56. The van der Waals surface area contributed by atoms with Crippen LogP contribution >= 0.6 is 0 Å². The van der Waals surface area contributed by atoms with Gasteiger partial charge in [-0.2, -0.15) is 5.10 Å². The maximum Gasteiger partial charge on any atom is 0.317 e. The Morgan fingerprint density at radius 1 is 1.10 bits per heavy atom. The summed E-state index contributed by atoms with van der Waals surface area (Å²) in [5.41, 5.74) is 1.63. The molecule has 7 heteroatoms. The Morgan fingerprint density at radius 3 is 2.29 bits per heavy atom. The molecule has 0 bridgehead atoms. The van der Waals surface area contributed by atoms with Gasteiger partial charge in [0, 0.05) is 18.3 Å². The van der Waals surface area contributed by atoms with Crippen LogP contribution < -0.4 is 0 Å². The molecule has 110 valence electrons. The second kappa shape index (κ2) is 6.67. The third kappa shape index (κ3) is 4.43. The van der Waals surface area contributed by atoms with Crippen LogP contribution in [0.5, 0.6) is 0 Å². The maximum absolute atomic E-state index is 10.8. The largest absolute Gasteiger partial charge is 0.480 e. The first-order valence-corrected chi connectivity index (χ1v) is 6.29. The van der Waals surface area contributed by atoms with Gasteiger partial charge < -0.3 is 10.2 Å². The Labute approximate surface area is 121 Å². The second-order valence-corrected chi connectivity index (χ2v) is 4.56. The summed E-state index contributed by atoms with van der Waals surface area (Å²) in [6.07, 6.45) is 3.36. The van der Waals surface area contributed by atoms with E-state index in [1.807, 2.05) is 30.3 Å². The smallest absolute Gasteiger partial charge is 0.317 e. The zero-order valence-electron chi connectivity index (χ0n) is 11.2. The Hall–Kier alpha value is -2.67. The molecule has 7 nitrogen and oxygen atoms in total. The molecular weight excluding hydrogens is 274 g/mol. The predicted octanol–water partition coefficient (Wildman–Crippen LogP) is 0.843. The van der Waals surface area contributed by atoms with Crippen LogP contribution in [0.3, 0.4) is 0 Å². The van der Waals surface area contributed by atoms with Crippen LogP contribution in [0.1, 0.15) is 5.56 Å². The van der Waals surface area contributed by atoms with Gasteiger partial charge in [0.1, 0.15) is 0 Å². The first-order chi connectivity index (χ1) is 10.0. The highest BCUT2D eigenvalue weighted by Gasteiger charge is 2.14. The monoisotopic (exact) mass is 289 g/mol. The number of aromatic nitrogens is 2. The minimum atomic E-state index is -1.06. The van der Waals surface area contributed by atoms with Crippen molar-refractivity contribution in [3.63, 3.8) is 0 Å². The molecule has 0 radical (unpaired) electrons. The van der Waals surface area contributed by atoms with Gasteiger partial charge in [-0.05, 0) is 12.1 Å². The fourth-order valence-electron chi connectivity index (χ4n) is 1.97. The number of benzene rings is 1. The molecule has 0 aliphatic carbocycles. The van der Waals surface area contributed by atoms with Crippen LogP contribution in [-0.4, -0.2) is 49.9 Å². The average molecular weight is 289 g/mol. The van der Waals surface area contributed by atoms with E-state index in [2.05, 4.69) is 5.10 Å². The van der Waals surface area contributed by atoms with Gasteiger partial charge in [0.05, 0.1) is 25.0 Å². The van der Waals surface area contributed by atoms with Crippen molar-refractivity contribution < 1.29 is 19.8 Å². The molecule has 0 unspecified atom stereocenters. The van der Waals surface area contributed by atoms with Crippen LogP contribution in [-0.2, 0) is 16.1 Å². The van der Waals surface area contributed by atoms with Crippen LogP contribution in [0.25, 0.3) is 5.69 Å². The number of rotatable bonds is 7. The normalized spacial score (nSPS) is 10.7. The summed E-state index contributed by atoms with van der Waals surface area (Å²) in [4.78, 5) is 22.8. The van der Waals surface area contributed by atoms with Crippen molar-refractivity contribution in [3.05, 3.63) is 48.3 Å². The van der Waals surface area contributed by atoms with Crippen molar-refractivity contribution in [2.24, 2.45) is 0 Å². The van der Waals surface area contributed by atoms with Gasteiger partial charge in [0.2, 0.25) is 0 Å². The van der Waals surface area contributed by atoms with Crippen molar-refractivity contribution in [1.29, 1.82) is 0 Å². The lowest BCUT2D eigenvalue weighted by molar-refractivity contribution is -0.142. The molecular formula is C14H15N3O4. The molecule has 1 aromatic heterocycles. The molecule has 0 aliphatic heterocycles. The lowest BCUT2D eigenvalue weighted by Gasteiger charge is -2.16. The molecule has 0 amide bonds. The quantitative estimate of drug-likeness (QED) is 0.784. The molecule has 2 aromatic rings. The predicted molar refractivity (Wildman–Crippen MR) is 74.1 cm³/mol. The Morgan fingerprint density at radius 2 is 1.71 bits per heavy atom. The van der Waals surface area contributed by atoms with Crippen LogP contribution in [0.2, 0.25) is 0 Å². The number of hydrogen-bond acceptors (Lipinski definition) is 4. The van der Waals surface area contributed by atoms with E-state index < -0.39 is 11.9 Å². The topological polar surface area (TPSA) is 95.7 Å². The standard InChI is InChI=1S/C14H15N3O4/c18-13(19)9-16(10-14(20)21)7-11-6-15-17(8-11)12-4-2-1-3-5-12/h1-6,8H,7,9-10H2,(H,18,19)(H,20,21). The van der Waals surface area contributed by atoms with Crippen LogP contribution in [0.15, 0.2) is 42.7 Å². The van der Waals surface area contributed by atoms with E-state index in [1.54, 1.807) is 17.1 Å². The van der Waals surface area contributed by atoms with Crippen molar-refractivity contribution in [1.82, 2.24) is 14.7 Å². The van der Waals surface area contributed by atoms with Gasteiger partial charge in [-0.25, -0.2) is 4.68 Å². The Kier molecular flexibility index (Phi) is 4.68. The molecule has 2 N–H and O–H groups in total. The number of para-hydroxylation sites is 1. The molecule has 1 heterocycles. The molecule has 2 rings (SSSR count). The minimum Gasteiger partial charge on any atom is -0.480 e. The Balaban J connectivity index is 2.09. The van der Waals surface area contributed by atoms with E-state index in [0.29, 0.717) is 0 Å². The first kappa shape index (κ1) is 14.7. The van der Waals surface area contributed by atoms with Crippen molar-refractivity contribution >= 4 is 11.9 Å². The highest BCUT2D eigenvalue weighted by atomic mass is 16.4. The number of aliphatic carboxylic acids is 2. The number of nitrogens with zero attached hydrogens (tertiary/aromatic N) is 3. The molecule has 21 heavy (non-hydrogen) atoms.